The molecular formula is C18H20N4O3. The molecule has 2 aromatic rings. The van der Waals surface area contributed by atoms with E-state index in [-0.39, 0.29) is 6.54 Å². The van der Waals surface area contributed by atoms with Gasteiger partial charge in [-0.05, 0) is 35.4 Å². The van der Waals surface area contributed by atoms with Crippen LogP contribution in [0.2, 0.25) is 0 Å². The van der Waals surface area contributed by atoms with Crippen molar-refractivity contribution < 1.29 is 14.3 Å². The number of hydrazone groups is 1. The average Bonchev–Trinajstić information content (AvgIpc) is 2.66. The molecule has 0 spiro atoms. The van der Waals surface area contributed by atoms with E-state index in [1.165, 1.54) is 6.21 Å². The molecule has 2 rings (SSSR count). The zero-order chi connectivity index (χ0) is 17.9. The van der Waals surface area contributed by atoms with Crippen molar-refractivity contribution in [1.82, 2.24) is 16.1 Å². The molecule has 0 radical (unpaired) electrons. The summed E-state index contributed by atoms with van der Waals surface area (Å²) in [6, 6.07) is 16.3. The molecule has 0 aliphatic carbocycles. The Labute approximate surface area is 146 Å². The van der Waals surface area contributed by atoms with Gasteiger partial charge in [-0.15, -0.1) is 0 Å². The highest BCUT2D eigenvalue weighted by Crippen LogP contribution is 2.09. The number of rotatable bonds is 7. The highest BCUT2D eigenvalue weighted by atomic mass is 16.5. The van der Waals surface area contributed by atoms with Crippen molar-refractivity contribution in [2.75, 3.05) is 13.7 Å². The van der Waals surface area contributed by atoms with E-state index in [4.69, 9.17) is 4.74 Å². The van der Waals surface area contributed by atoms with Gasteiger partial charge >= 0.3 is 6.03 Å². The smallest absolute Gasteiger partial charge is 0.315 e. The Kier molecular flexibility index (Phi) is 6.99. The summed E-state index contributed by atoms with van der Waals surface area (Å²) in [6.07, 6.45) is 1.51. The average molecular weight is 340 g/mol. The predicted molar refractivity (Wildman–Crippen MR) is 95.4 cm³/mol. The van der Waals surface area contributed by atoms with Gasteiger partial charge in [-0.25, -0.2) is 10.2 Å². The van der Waals surface area contributed by atoms with Gasteiger partial charge in [0.25, 0.3) is 5.91 Å². The fraction of sp³-hybridized carbons (Fsp3) is 0.167. The molecule has 3 N–H and O–H groups in total. The van der Waals surface area contributed by atoms with E-state index in [0.717, 1.165) is 16.9 Å². The SMILES string of the molecule is COc1ccc(C=NNC(=O)CNC(=O)NCc2ccccc2)cc1. The van der Waals surface area contributed by atoms with Gasteiger partial charge in [-0.2, -0.15) is 5.10 Å². The van der Waals surface area contributed by atoms with Crippen LogP contribution in [0, 0.1) is 0 Å². The zero-order valence-corrected chi connectivity index (χ0v) is 13.9. The van der Waals surface area contributed by atoms with Crippen LogP contribution < -0.4 is 20.8 Å². The summed E-state index contributed by atoms with van der Waals surface area (Å²) in [7, 11) is 1.59. The first-order valence-corrected chi connectivity index (χ1v) is 7.69. The largest absolute Gasteiger partial charge is 0.497 e. The Hall–Kier alpha value is -3.35. The topological polar surface area (TPSA) is 91.8 Å². The van der Waals surface area contributed by atoms with Crippen molar-refractivity contribution in [3.63, 3.8) is 0 Å². The minimum Gasteiger partial charge on any atom is -0.497 e. The van der Waals surface area contributed by atoms with E-state index >= 15 is 0 Å². The molecule has 0 bridgehead atoms. The van der Waals surface area contributed by atoms with Crippen LogP contribution in [-0.4, -0.2) is 31.8 Å². The lowest BCUT2D eigenvalue weighted by atomic mass is 10.2. The molecule has 0 saturated heterocycles. The van der Waals surface area contributed by atoms with Gasteiger partial charge in [-0.1, -0.05) is 30.3 Å². The Morgan fingerprint density at radius 3 is 2.44 bits per heavy atom. The fourth-order valence-electron chi connectivity index (χ4n) is 1.91. The van der Waals surface area contributed by atoms with Gasteiger partial charge in [0.2, 0.25) is 0 Å². The van der Waals surface area contributed by atoms with Crippen LogP contribution in [0.15, 0.2) is 59.7 Å². The van der Waals surface area contributed by atoms with Crippen LogP contribution in [0.1, 0.15) is 11.1 Å². The van der Waals surface area contributed by atoms with Gasteiger partial charge in [0.05, 0.1) is 13.3 Å². The first-order chi connectivity index (χ1) is 12.2. The molecular weight excluding hydrogens is 320 g/mol. The van der Waals surface area contributed by atoms with Crippen LogP contribution in [0.3, 0.4) is 0 Å². The molecule has 0 aliphatic rings. The summed E-state index contributed by atoms with van der Waals surface area (Å²) in [5.74, 6) is 0.325. The number of methoxy groups -OCH3 is 1. The van der Waals surface area contributed by atoms with E-state index < -0.39 is 11.9 Å². The lowest BCUT2D eigenvalue weighted by Crippen LogP contribution is -2.40. The fourth-order valence-corrected chi connectivity index (χ4v) is 1.91. The minimum atomic E-state index is -0.418. The number of benzene rings is 2. The number of carbonyl (C=O) groups is 2. The molecule has 3 amide bonds. The molecule has 0 saturated carbocycles. The minimum absolute atomic E-state index is 0.166. The second-order valence-electron chi connectivity index (χ2n) is 5.09. The van der Waals surface area contributed by atoms with Crippen molar-refractivity contribution in [2.45, 2.75) is 6.54 Å². The van der Waals surface area contributed by atoms with Crippen LogP contribution in [0.25, 0.3) is 0 Å². The second-order valence-corrected chi connectivity index (χ2v) is 5.09. The molecule has 7 nitrogen and oxygen atoms in total. The Morgan fingerprint density at radius 1 is 1.04 bits per heavy atom. The summed E-state index contributed by atoms with van der Waals surface area (Å²) < 4.78 is 5.05. The number of hydrogen-bond acceptors (Lipinski definition) is 4. The number of nitrogens with one attached hydrogen (secondary N) is 3. The lowest BCUT2D eigenvalue weighted by molar-refractivity contribution is -0.120. The van der Waals surface area contributed by atoms with E-state index in [9.17, 15) is 9.59 Å². The molecule has 0 heterocycles. The summed E-state index contributed by atoms with van der Waals surface area (Å²) >= 11 is 0. The number of amides is 3. The number of urea groups is 1. The normalized spacial score (nSPS) is 10.3. The third-order valence-corrected chi connectivity index (χ3v) is 3.22. The number of ether oxygens (including phenoxy) is 1. The summed E-state index contributed by atoms with van der Waals surface area (Å²) in [5.41, 5.74) is 4.14. The van der Waals surface area contributed by atoms with E-state index in [2.05, 4.69) is 21.2 Å². The summed E-state index contributed by atoms with van der Waals surface area (Å²) in [4.78, 5) is 23.2. The number of hydrogen-bond donors (Lipinski definition) is 3. The molecule has 25 heavy (non-hydrogen) atoms. The summed E-state index contributed by atoms with van der Waals surface area (Å²) in [5, 5.41) is 8.96. The van der Waals surface area contributed by atoms with Gasteiger partial charge in [0.15, 0.2) is 0 Å². The maximum absolute atomic E-state index is 11.6. The Morgan fingerprint density at radius 2 is 1.76 bits per heavy atom. The van der Waals surface area contributed by atoms with Gasteiger partial charge in [-0.3, -0.25) is 4.79 Å². The van der Waals surface area contributed by atoms with Crippen LogP contribution in [-0.2, 0) is 11.3 Å². The van der Waals surface area contributed by atoms with Crippen molar-refractivity contribution in [2.24, 2.45) is 5.10 Å². The highest BCUT2D eigenvalue weighted by molar-refractivity contribution is 5.85. The van der Waals surface area contributed by atoms with E-state index in [0.29, 0.717) is 6.54 Å². The lowest BCUT2D eigenvalue weighted by Gasteiger charge is -2.06. The maximum atomic E-state index is 11.6. The molecule has 7 heteroatoms. The molecule has 2 aromatic carbocycles. The maximum Gasteiger partial charge on any atom is 0.315 e. The predicted octanol–water partition coefficient (Wildman–Crippen LogP) is 1.64. The third kappa shape index (κ3) is 6.74. The van der Waals surface area contributed by atoms with Crippen molar-refractivity contribution >= 4 is 18.2 Å². The third-order valence-electron chi connectivity index (χ3n) is 3.22. The number of carbonyl (C=O) groups excluding carboxylic acids is 2. The standard InChI is InChI=1S/C18H20N4O3/c1-25-16-9-7-15(8-10-16)12-21-22-17(23)13-20-18(24)19-11-14-5-3-2-4-6-14/h2-10,12H,11,13H2,1H3,(H,22,23)(H2,19,20,24). The monoisotopic (exact) mass is 340 g/mol. The van der Waals surface area contributed by atoms with Crippen LogP contribution in [0.4, 0.5) is 4.79 Å². The first-order valence-electron chi connectivity index (χ1n) is 7.69. The molecule has 0 atom stereocenters. The van der Waals surface area contributed by atoms with Crippen molar-refractivity contribution in [1.29, 1.82) is 0 Å². The van der Waals surface area contributed by atoms with Crippen molar-refractivity contribution in [3.05, 3.63) is 65.7 Å². The highest BCUT2D eigenvalue weighted by Gasteiger charge is 2.04. The molecule has 0 aliphatic heterocycles. The quantitative estimate of drug-likeness (QED) is 0.528. The van der Waals surface area contributed by atoms with Crippen LogP contribution in [0.5, 0.6) is 5.75 Å². The van der Waals surface area contributed by atoms with Gasteiger partial charge < -0.3 is 15.4 Å². The van der Waals surface area contributed by atoms with Gasteiger partial charge in [0, 0.05) is 6.54 Å². The Bertz CT molecular complexity index is 715. The molecule has 0 unspecified atom stereocenters. The molecule has 0 aromatic heterocycles. The molecule has 130 valence electrons. The number of nitrogens with zero attached hydrogens (tertiary/aromatic N) is 1. The molecule has 0 fully saturated rings. The van der Waals surface area contributed by atoms with Gasteiger partial charge in [0.1, 0.15) is 12.3 Å². The Balaban J connectivity index is 1.65. The second kappa shape index (κ2) is 9.71. The van der Waals surface area contributed by atoms with E-state index in [1.54, 1.807) is 19.2 Å². The zero-order valence-electron chi connectivity index (χ0n) is 13.9. The van der Waals surface area contributed by atoms with Crippen LogP contribution >= 0.6 is 0 Å². The first kappa shape index (κ1) is 18.0. The van der Waals surface area contributed by atoms with Crippen molar-refractivity contribution in [3.8, 4) is 5.75 Å². The van der Waals surface area contributed by atoms with E-state index in [1.807, 2.05) is 42.5 Å². The summed E-state index contributed by atoms with van der Waals surface area (Å²) in [6.45, 7) is 0.227.